The summed E-state index contributed by atoms with van der Waals surface area (Å²) in [5.41, 5.74) is 0.248. The lowest BCUT2D eigenvalue weighted by atomic mass is 10.1. The molecule has 0 bridgehead atoms. The van der Waals surface area contributed by atoms with E-state index in [1.807, 2.05) is 18.2 Å². The van der Waals surface area contributed by atoms with Crippen LogP contribution in [0.4, 0.5) is 4.79 Å². The maximum Gasteiger partial charge on any atom is 0.408 e. The first-order valence-electron chi connectivity index (χ1n) is 9.10. The number of ether oxygens (including phenoxy) is 1. The summed E-state index contributed by atoms with van der Waals surface area (Å²) in [7, 11) is 0. The lowest BCUT2D eigenvalue weighted by Gasteiger charge is -2.24. The predicted molar refractivity (Wildman–Crippen MR) is 109 cm³/mol. The molecule has 1 aromatic heterocycles. The van der Waals surface area contributed by atoms with Gasteiger partial charge in [-0.1, -0.05) is 30.3 Å². The Kier molecular flexibility index (Phi) is 5.14. The topological polar surface area (TPSA) is 80.6 Å². The number of phenolic OH excluding ortho intramolecular Hbond substituents is 1. The number of para-hydroxylation sites is 1. The molecule has 3 rings (SSSR count). The van der Waals surface area contributed by atoms with E-state index in [2.05, 4.69) is 5.32 Å². The molecule has 1 atom stereocenters. The van der Waals surface area contributed by atoms with Gasteiger partial charge in [-0.3, -0.25) is 9.36 Å². The Balaban J connectivity index is 2.15. The lowest BCUT2D eigenvalue weighted by molar-refractivity contribution is 0.0506. The number of hydrogen-bond donors (Lipinski definition) is 2. The number of carbonyl (C=O) groups excluding carboxylic acids is 1. The zero-order chi connectivity index (χ0) is 20.5. The van der Waals surface area contributed by atoms with Gasteiger partial charge in [-0.15, -0.1) is 0 Å². The fraction of sp³-hybridized carbons (Fsp3) is 0.273. The van der Waals surface area contributed by atoms with Crippen molar-refractivity contribution in [3.63, 3.8) is 0 Å². The number of hydrogen-bond acceptors (Lipinski definition) is 4. The van der Waals surface area contributed by atoms with E-state index in [0.717, 1.165) is 0 Å². The smallest absolute Gasteiger partial charge is 0.408 e. The number of rotatable bonds is 3. The third-order valence-electron chi connectivity index (χ3n) is 4.24. The zero-order valence-corrected chi connectivity index (χ0v) is 16.4. The summed E-state index contributed by atoms with van der Waals surface area (Å²) in [6.45, 7) is 7.15. The molecule has 3 aromatic rings. The first kappa shape index (κ1) is 19.5. The summed E-state index contributed by atoms with van der Waals surface area (Å²) in [4.78, 5) is 25.5. The van der Waals surface area contributed by atoms with Gasteiger partial charge in [0.15, 0.2) is 0 Å². The van der Waals surface area contributed by atoms with Gasteiger partial charge in [0, 0.05) is 11.4 Å². The number of benzene rings is 2. The Morgan fingerprint density at radius 3 is 2.43 bits per heavy atom. The molecule has 0 aliphatic carbocycles. The number of carbonyl (C=O) groups is 1. The van der Waals surface area contributed by atoms with Crippen LogP contribution in [0, 0.1) is 0 Å². The van der Waals surface area contributed by atoms with E-state index in [0.29, 0.717) is 16.8 Å². The molecule has 6 nitrogen and oxygen atoms in total. The summed E-state index contributed by atoms with van der Waals surface area (Å²) in [5, 5.41) is 13.8. The molecule has 6 heteroatoms. The van der Waals surface area contributed by atoms with Gasteiger partial charge in [0.1, 0.15) is 11.4 Å². The van der Waals surface area contributed by atoms with Gasteiger partial charge in [0.2, 0.25) is 0 Å². The van der Waals surface area contributed by atoms with Crippen LogP contribution in [0.5, 0.6) is 5.75 Å². The highest BCUT2D eigenvalue weighted by atomic mass is 16.6. The monoisotopic (exact) mass is 380 g/mol. The highest BCUT2D eigenvalue weighted by Gasteiger charge is 2.22. The number of fused-ring (bicyclic) bond motifs is 1. The van der Waals surface area contributed by atoms with E-state index in [-0.39, 0.29) is 16.7 Å². The second-order valence-corrected chi connectivity index (χ2v) is 7.65. The van der Waals surface area contributed by atoms with Crippen LogP contribution in [-0.4, -0.2) is 21.4 Å². The van der Waals surface area contributed by atoms with E-state index >= 15 is 0 Å². The maximum absolute atomic E-state index is 13.2. The molecule has 0 fully saturated rings. The van der Waals surface area contributed by atoms with E-state index < -0.39 is 17.7 Å². The molecular weight excluding hydrogens is 356 g/mol. The van der Waals surface area contributed by atoms with Crippen LogP contribution < -0.4 is 10.9 Å². The molecule has 0 aliphatic heterocycles. The predicted octanol–water partition coefficient (Wildman–Crippen LogP) is 4.28. The summed E-state index contributed by atoms with van der Waals surface area (Å²) in [6.07, 6.45) is -0.567. The minimum absolute atomic E-state index is 0.0773. The molecule has 1 amide bonds. The second kappa shape index (κ2) is 7.38. The van der Waals surface area contributed by atoms with Crippen molar-refractivity contribution in [1.29, 1.82) is 0 Å². The Morgan fingerprint density at radius 2 is 1.79 bits per heavy atom. The van der Waals surface area contributed by atoms with Crippen LogP contribution in [0.25, 0.3) is 16.5 Å². The molecule has 0 aliphatic rings. The molecule has 0 spiro atoms. The van der Waals surface area contributed by atoms with E-state index in [4.69, 9.17) is 4.74 Å². The Labute approximate surface area is 163 Å². The molecule has 1 heterocycles. The van der Waals surface area contributed by atoms with Gasteiger partial charge >= 0.3 is 6.09 Å². The van der Waals surface area contributed by atoms with E-state index in [1.54, 1.807) is 58.0 Å². The lowest BCUT2D eigenvalue weighted by Crippen LogP contribution is -2.36. The van der Waals surface area contributed by atoms with Gasteiger partial charge in [0.05, 0.1) is 11.4 Å². The van der Waals surface area contributed by atoms with Crippen molar-refractivity contribution in [2.24, 2.45) is 0 Å². The molecule has 2 aromatic carbocycles. The molecular formula is C22H24N2O4. The minimum atomic E-state index is -0.627. The van der Waals surface area contributed by atoms with Crippen LogP contribution in [0.3, 0.4) is 0 Å². The standard InChI is InChI=1S/C22H24N2O4/c1-14(23-21(27)28-22(2,3)4)17-13-15-9-8-12-18(25)19(15)20(26)24(17)16-10-6-5-7-11-16/h5-14,25H,1-4H3,(H,23,27)/t14-/m0/s1. The Bertz CT molecular complexity index is 1070. The van der Waals surface area contributed by atoms with E-state index in [9.17, 15) is 14.7 Å². The van der Waals surface area contributed by atoms with Crippen LogP contribution >= 0.6 is 0 Å². The molecule has 0 saturated carbocycles. The van der Waals surface area contributed by atoms with E-state index in [1.165, 1.54) is 10.6 Å². The SMILES string of the molecule is C[C@H](NC(=O)OC(C)(C)C)c1cc2cccc(O)c2c(=O)n1-c1ccccc1. The van der Waals surface area contributed by atoms with Crippen molar-refractivity contribution in [1.82, 2.24) is 9.88 Å². The average molecular weight is 380 g/mol. The molecule has 0 unspecified atom stereocenters. The maximum atomic E-state index is 13.2. The summed E-state index contributed by atoms with van der Waals surface area (Å²) >= 11 is 0. The fourth-order valence-electron chi connectivity index (χ4n) is 3.08. The minimum Gasteiger partial charge on any atom is -0.507 e. The third-order valence-corrected chi connectivity index (χ3v) is 4.24. The van der Waals surface area contributed by atoms with Gasteiger partial charge in [-0.25, -0.2) is 4.79 Å². The average Bonchev–Trinajstić information content (AvgIpc) is 2.60. The normalized spacial score (nSPS) is 12.6. The molecule has 28 heavy (non-hydrogen) atoms. The van der Waals surface area contributed by atoms with Crippen molar-refractivity contribution >= 4 is 16.9 Å². The summed E-state index contributed by atoms with van der Waals surface area (Å²) in [5.74, 6) is -0.0773. The number of pyridine rings is 1. The van der Waals surface area contributed by atoms with Crippen molar-refractivity contribution < 1.29 is 14.6 Å². The summed E-state index contributed by atoms with van der Waals surface area (Å²) in [6, 6.07) is 15.3. The third kappa shape index (κ3) is 4.01. The van der Waals surface area contributed by atoms with Crippen LogP contribution in [0.2, 0.25) is 0 Å². The number of aromatic hydroxyl groups is 1. The molecule has 0 radical (unpaired) electrons. The number of nitrogens with zero attached hydrogens (tertiary/aromatic N) is 1. The van der Waals surface area contributed by atoms with Crippen molar-refractivity contribution in [2.75, 3.05) is 0 Å². The number of phenols is 1. The van der Waals surface area contributed by atoms with Crippen LogP contribution in [0.15, 0.2) is 59.4 Å². The highest BCUT2D eigenvalue weighted by Crippen LogP contribution is 2.26. The fourth-order valence-corrected chi connectivity index (χ4v) is 3.08. The van der Waals surface area contributed by atoms with Crippen molar-refractivity contribution in [3.8, 4) is 11.4 Å². The zero-order valence-electron chi connectivity index (χ0n) is 16.4. The number of aromatic nitrogens is 1. The van der Waals surface area contributed by atoms with Crippen LogP contribution in [0.1, 0.15) is 39.4 Å². The first-order chi connectivity index (χ1) is 13.2. The largest absolute Gasteiger partial charge is 0.507 e. The van der Waals surface area contributed by atoms with Gasteiger partial charge in [0.25, 0.3) is 5.56 Å². The number of amides is 1. The first-order valence-corrected chi connectivity index (χ1v) is 9.10. The van der Waals surface area contributed by atoms with Gasteiger partial charge in [-0.2, -0.15) is 0 Å². The van der Waals surface area contributed by atoms with Crippen molar-refractivity contribution in [2.45, 2.75) is 39.3 Å². The molecule has 146 valence electrons. The van der Waals surface area contributed by atoms with Gasteiger partial charge in [-0.05, 0) is 57.3 Å². The number of alkyl carbamates (subject to hydrolysis) is 1. The van der Waals surface area contributed by atoms with Gasteiger partial charge < -0.3 is 15.2 Å². The summed E-state index contributed by atoms with van der Waals surface area (Å²) < 4.78 is 6.84. The van der Waals surface area contributed by atoms with Crippen LogP contribution in [-0.2, 0) is 4.74 Å². The molecule has 2 N–H and O–H groups in total. The second-order valence-electron chi connectivity index (χ2n) is 7.65. The number of nitrogens with one attached hydrogen (secondary N) is 1. The quantitative estimate of drug-likeness (QED) is 0.711. The Hall–Kier alpha value is -3.28. The Morgan fingerprint density at radius 1 is 1.11 bits per heavy atom. The van der Waals surface area contributed by atoms with Crippen molar-refractivity contribution in [3.05, 3.63) is 70.6 Å². The molecule has 0 saturated heterocycles. The highest BCUT2D eigenvalue weighted by molar-refractivity contribution is 5.88.